The molecule has 5 nitrogen and oxygen atoms in total. The molecule has 0 bridgehead atoms. The summed E-state index contributed by atoms with van der Waals surface area (Å²) in [7, 11) is -3.70. The van der Waals surface area contributed by atoms with Gasteiger partial charge in [-0.05, 0) is 24.1 Å². The topological polar surface area (TPSA) is 90.2 Å². The average molecular weight is 240 g/mol. The molecule has 2 N–H and O–H groups in total. The van der Waals surface area contributed by atoms with Crippen LogP contribution in [0.3, 0.4) is 0 Å². The normalized spacial score (nSPS) is 10.8. The van der Waals surface area contributed by atoms with Gasteiger partial charge in [0.05, 0.1) is 11.8 Å². The van der Waals surface area contributed by atoms with Gasteiger partial charge in [-0.2, -0.15) is 5.26 Å². The lowest BCUT2D eigenvalue weighted by atomic mass is 10.1. The summed E-state index contributed by atoms with van der Waals surface area (Å²) in [5, 5.41) is 17.8. The fraction of sp³-hybridized carbons (Fsp3) is 0.300. The van der Waals surface area contributed by atoms with Crippen molar-refractivity contribution < 1.29 is 13.5 Å². The van der Waals surface area contributed by atoms with Crippen LogP contribution in [0, 0.1) is 11.3 Å². The van der Waals surface area contributed by atoms with E-state index in [1.807, 2.05) is 6.92 Å². The molecule has 0 unspecified atom stereocenters. The van der Waals surface area contributed by atoms with Gasteiger partial charge in [0.1, 0.15) is 5.75 Å². The number of benzene rings is 1. The Morgan fingerprint density at radius 1 is 1.50 bits per heavy atom. The van der Waals surface area contributed by atoms with E-state index in [0.717, 1.165) is 12.0 Å². The molecule has 0 heterocycles. The summed E-state index contributed by atoms with van der Waals surface area (Å²) in [6.45, 7) is 1.92. The number of aromatic hydroxyl groups is 1. The Bertz CT molecular complexity index is 517. The summed E-state index contributed by atoms with van der Waals surface area (Å²) < 4.78 is 24.8. The van der Waals surface area contributed by atoms with E-state index in [1.54, 1.807) is 18.2 Å². The Morgan fingerprint density at radius 2 is 2.19 bits per heavy atom. The quantitative estimate of drug-likeness (QED) is 0.774. The molecule has 0 aliphatic rings. The molecule has 6 heteroatoms. The molecule has 16 heavy (non-hydrogen) atoms. The number of phenolic OH excluding ortho intramolecular Hbond substituents is 1. The third-order valence-corrected chi connectivity index (χ3v) is 3.03. The molecule has 0 atom stereocenters. The second-order valence-electron chi connectivity index (χ2n) is 3.22. The van der Waals surface area contributed by atoms with E-state index >= 15 is 0 Å². The van der Waals surface area contributed by atoms with Gasteiger partial charge >= 0.3 is 0 Å². The zero-order chi connectivity index (χ0) is 12.2. The highest BCUT2D eigenvalue weighted by Crippen LogP contribution is 2.25. The first kappa shape index (κ1) is 12.3. The number of hydrogen-bond donors (Lipinski definition) is 2. The molecule has 0 radical (unpaired) electrons. The lowest BCUT2D eigenvalue weighted by Crippen LogP contribution is -2.15. The molecule has 1 rings (SSSR count). The van der Waals surface area contributed by atoms with Crippen LogP contribution in [0.25, 0.3) is 0 Å². The minimum atomic E-state index is -3.70. The van der Waals surface area contributed by atoms with E-state index in [2.05, 4.69) is 4.72 Å². The van der Waals surface area contributed by atoms with Crippen LogP contribution in [0.15, 0.2) is 18.2 Å². The SMILES string of the molecule is CCc1ccc(O)c(NS(=O)(=O)CC#N)c1. The van der Waals surface area contributed by atoms with Crippen LogP contribution in [0.2, 0.25) is 0 Å². The van der Waals surface area contributed by atoms with Crippen molar-refractivity contribution in [2.75, 3.05) is 10.5 Å². The second-order valence-corrected chi connectivity index (χ2v) is 4.95. The fourth-order valence-corrected chi connectivity index (χ4v) is 1.91. The van der Waals surface area contributed by atoms with Crippen LogP contribution in [-0.2, 0) is 16.4 Å². The Morgan fingerprint density at radius 3 is 2.75 bits per heavy atom. The smallest absolute Gasteiger partial charge is 0.246 e. The molecule has 0 aliphatic heterocycles. The first-order valence-electron chi connectivity index (χ1n) is 4.68. The molecule has 0 saturated heterocycles. The van der Waals surface area contributed by atoms with Crippen molar-refractivity contribution in [2.45, 2.75) is 13.3 Å². The number of aryl methyl sites for hydroxylation is 1. The van der Waals surface area contributed by atoms with E-state index in [9.17, 15) is 13.5 Å². The van der Waals surface area contributed by atoms with Crippen LogP contribution in [0.5, 0.6) is 5.75 Å². The lowest BCUT2D eigenvalue weighted by Gasteiger charge is -2.08. The van der Waals surface area contributed by atoms with Gasteiger partial charge in [0, 0.05) is 0 Å². The molecule has 0 fully saturated rings. The van der Waals surface area contributed by atoms with E-state index in [-0.39, 0.29) is 11.4 Å². The highest BCUT2D eigenvalue weighted by molar-refractivity contribution is 7.92. The first-order chi connectivity index (χ1) is 7.48. The van der Waals surface area contributed by atoms with Crippen molar-refractivity contribution in [1.29, 1.82) is 5.26 Å². The van der Waals surface area contributed by atoms with Gasteiger partial charge in [-0.1, -0.05) is 13.0 Å². The number of anilines is 1. The standard InChI is InChI=1S/C10H12N2O3S/c1-2-8-3-4-10(13)9(7-8)12-16(14,15)6-5-11/h3-4,7,12-13H,2,6H2,1H3. The molecule has 1 aromatic carbocycles. The van der Waals surface area contributed by atoms with E-state index in [4.69, 9.17) is 5.26 Å². The summed E-state index contributed by atoms with van der Waals surface area (Å²) in [6.07, 6.45) is 0.729. The minimum Gasteiger partial charge on any atom is -0.506 e. The van der Waals surface area contributed by atoms with Crippen LogP contribution in [0.4, 0.5) is 5.69 Å². The van der Waals surface area contributed by atoms with Crippen molar-refractivity contribution in [1.82, 2.24) is 0 Å². The molecule has 0 aliphatic carbocycles. The van der Waals surface area contributed by atoms with Gasteiger partial charge in [0.15, 0.2) is 5.75 Å². The summed E-state index contributed by atoms with van der Waals surface area (Å²) in [5.74, 6) is -0.790. The van der Waals surface area contributed by atoms with Crippen molar-refractivity contribution in [2.24, 2.45) is 0 Å². The Kier molecular flexibility index (Phi) is 3.74. The van der Waals surface area contributed by atoms with Gasteiger partial charge in [0.25, 0.3) is 0 Å². The minimum absolute atomic E-state index is 0.106. The molecular formula is C10H12N2O3S. The Labute approximate surface area is 94.4 Å². The first-order valence-corrected chi connectivity index (χ1v) is 6.33. The summed E-state index contributed by atoms with van der Waals surface area (Å²) in [5.41, 5.74) is 1.00. The highest BCUT2D eigenvalue weighted by Gasteiger charge is 2.12. The molecule has 0 spiro atoms. The lowest BCUT2D eigenvalue weighted by molar-refractivity contribution is 0.477. The monoisotopic (exact) mass is 240 g/mol. The largest absolute Gasteiger partial charge is 0.506 e. The van der Waals surface area contributed by atoms with Gasteiger partial charge in [-0.3, -0.25) is 4.72 Å². The molecule has 86 valence electrons. The molecule has 0 saturated carbocycles. The van der Waals surface area contributed by atoms with Crippen molar-refractivity contribution in [3.05, 3.63) is 23.8 Å². The highest BCUT2D eigenvalue weighted by atomic mass is 32.2. The van der Waals surface area contributed by atoms with E-state index < -0.39 is 15.8 Å². The molecule has 0 amide bonds. The van der Waals surface area contributed by atoms with Crippen molar-refractivity contribution in [3.8, 4) is 11.8 Å². The fourth-order valence-electron chi connectivity index (χ4n) is 1.17. The summed E-state index contributed by atoms with van der Waals surface area (Å²) in [6, 6.07) is 6.22. The Balaban J connectivity index is 3.02. The molecule has 0 aromatic heterocycles. The summed E-state index contributed by atoms with van der Waals surface area (Å²) in [4.78, 5) is 0. The number of phenols is 1. The van der Waals surface area contributed by atoms with Gasteiger partial charge in [-0.15, -0.1) is 0 Å². The van der Waals surface area contributed by atoms with Crippen molar-refractivity contribution >= 4 is 15.7 Å². The van der Waals surface area contributed by atoms with E-state index in [0.29, 0.717) is 0 Å². The third kappa shape index (κ3) is 3.14. The van der Waals surface area contributed by atoms with Crippen LogP contribution in [0.1, 0.15) is 12.5 Å². The van der Waals surface area contributed by atoms with Gasteiger partial charge in [-0.25, -0.2) is 8.42 Å². The van der Waals surface area contributed by atoms with Gasteiger partial charge in [0.2, 0.25) is 10.0 Å². The summed E-state index contributed by atoms with van der Waals surface area (Å²) >= 11 is 0. The zero-order valence-electron chi connectivity index (χ0n) is 8.77. The van der Waals surface area contributed by atoms with Crippen LogP contribution < -0.4 is 4.72 Å². The number of hydrogen-bond acceptors (Lipinski definition) is 4. The number of nitrogens with zero attached hydrogens (tertiary/aromatic N) is 1. The number of sulfonamides is 1. The van der Waals surface area contributed by atoms with E-state index in [1.165, 1.54) is 6.07 Å². The van der Waals surface area contributed by atoms with Crippen LogP contribution in [-0.4, -0.2) is 19.3 Å². The maximum atomic E-state index is 11.3. The third-order valence-electron chi connectivity index (χ3n) is 1.99. The Hall–Kier alpha value is -1.74. The number of nitriles is 1. The average Bonchev–Trinajstić information content (AvgIpc) is 2.21. The number of rotatable bonds is 4. The predicted molar refractivity (Wildman–Crippen MR) is 60.5 cm³/mol. The second kappa shape index (κ2) is 4.86. The zero-order valence-corrected chi connectivity index (χ0v) is 9.58. The maximum Gasteiger partial charge on any atom is 0.246 e. The maximum absolute atomic E-state index is 11.3. The number of nitrogens with one attached hydrogen (secondary N) is 1. The van der Waals surface area contributed by atoms with Gasteiger partial charge < -0.3 is 5.11 Å². The molecule has 1 aromatic rings. The predicted octanol–water partition coefficient (Wildman–Crippen LogP) is 1.22. The van der Waals surface area contributed by atoms with Crippen molar-refractivity contribution in [3.63, 3.8) is 0 Å². The van der Waals surface area contributed by atoms with Crippen LogP contribution >= 0.6 is 0 Å². The molecular weight excluding hydrogens is 228 g/mol.